The Morgan fingerprint density at radius 1 is 1.33 bits per heavy atom. The number of alkyl halides is 1. The van der Waals surface area contributed by atoms with Crippen LogP contribution in [-0.2, 0) is 11.2 Å². The number of ether oxygens (including phenoxy) is 1. The number of benzene rings is 1. The Morgan fingerprint density at radius 2 is 2.06 bits per heavy atom. The molecule has 1 aromatic carbocycles. The van der Waals surface area contributed by atoms with Crippen LogP contribution >= 0.6 is 11.6 Å². The van der Waals surface area contributed by atoms with Gasteiger partial charge in [0.2, 0.25) is 0 Å². The van der Waals surface area contributed by atoms with E-state index in [-0.39, 0.29) is 5.41 Å². The highest BCUT2D eigenvalue weighted by Crippen LogP contribution is 2.49. The van der Waals surface area contributed by atoms with E-state index in [9.17, 15) is 0 Å². The number of hydrogen-bond donors (Lipinski definition) is 0. The lowest BCUT2D eigenvalue weighted by Crippen LogP contribution is -2.53. The Labute approximate surface area is 115 Å². The van der Waals surface area contributed by atoms with E-state index in [0.717, 1.165) is 32.3 Å². The maximum atomic E-state index is 6.28. The molecule has 0 aliphatic heterocycles. The van der Waals surface area contributed by atoms with Crippen LogP contribution in [0.2, 0.25) is 0 Å². The molecule has 1 fully saturated rings. The van der Waals surface area contributed by atoms with Crippen molar-refractivity contribution in [1.82, 2.24) is 0 Å². The zero-order valence-corrected chi connectivity index (χ0v) is 12.1. The molecule has 1 nitrogen and oxygen atoms in total. The van der Waals surface area contributed by atoms with Gasteiger partial charge in [-0.05, 0) is 31.2 Å². The third-order valence-electron chi connectivity index (χ3n) is 4.41. The Bertz CT molecular complexity index is 365. The molecule has 0 bridgehead atoms. The molecule has 3 atom stereocenters. The van der Waals surface area contributed by atoms with Crippen LogP contribution in [0.4, 0.5) is 0 Å². The highest BCUT2D eigenvalue weighted by molar-refractivity contribution is 6.21. The summed E-state index contributed by atoms with van der Waals surface area (Å²) in [5.74, 6) is 0. The number of aryl methyl sites for hydroxylation is 1. The molecule has 0 spiro atoms. The second-order valence-electron chi connectivity index (χ2n) is 5.51. The third-order valence-corrected chi connectivity index (χ3v) is 5.08. The monoisotopic (exact) mass is 266 g/mol. The lowest BCUT2D eigenvalue weighted by molar-refractivity contribution is -0.100. The smallest absolute Gasteiger partial charge is 0.0656 e. The predicted molar refractivity (Wildman–Crippen MR) is 77.2 cm³/mol. The van der Waals surface area contributed by atoms with Crippen molar-refractivity contribution < 1.29 is 4.74 Å². The molecule has 0 aromatic heterocycles. The maximum Gasteiger partial charge on any atom is 0.0656 e. The highest BCUT2D eigenvalue weighted by atomic mass is 35.5. The average Bonchev–Trinajstić information content (AvgIpc) is 2.42. The molecule has 2 rings (SSSR count). The van der Waals surface area contributed by atoms with Gasteiger partial charge in [0.25, 0.3) is 0 Å². The molecule has 100 valence electrons. The second-order valence-corrected chi connectivity index (χ2v) is 6.04. The first kappa shape index (κ1) is 13.9. The van der Waals surface area contributed by atoms with Crippen molar-refractivity contribution in [3.05, 3.63) is 35.9 Å². The molecule has 1 aromatic rings. The topological polar surface area (TPSA) is 9.23 Å². The van der Waals surface area contributed by atoms with E-state index < -0.39 is 0 Å². The first-order chi connectivity index (χ1) is 8.66. The fourth-order valence-corrected chi connectivity index (χ4v) is 3.08. The van der Waals surface area contributed by atoms with E-state index >= 15 is 0 Å². The molecular formula is C16H23ClO. The summed E-state index contributed by atoms with van der Waals surface area (Å²) in [4.78, 5) is 0. The highest BCUT2D eigenvalue weighted by Gasteiger charge is 2.50. The van der Waals surface area contributed by atoms with Crippen molar-refractivity contribution in [2.75, 3.05) is 6.61 Å². The Balaban J connectivity index is 1.68. The van der Waals surface area contributed by atoms with Gasteiger partial charge in [0, 0.05) is 17.4 Å². The van der Waals surface area contributed by atoms with E-state index in [1.807, 2.05) is 0 Å². The molecule has 1 aliphatic rings. The normalized spacial score (nSPS) is 31.1. The molecule has 3 unspecified atom stereocenters. The minimum atomic E-state index is 0.189. The van der Waals surface area contributed by atoms with Crippen LogP contribution in [-0.4, -0.2) is 18.1 Å². The van der Waals surface area contributed by atoms with Crippen LogP contribution in [0.25, 0.3) is 0 Å². The molecule has 0 heterocycles. The van der Waals surface area contributed by atoms with Crippen LogP contribution in [0.5, 0.6) is 0 Å². The summed E-state index contributed by atoms with van der Waals surface area (Å²) in [6.45, 7) is 5.30. The van der Waals surface area contributed by atoms with E-state index in [1.165, 1.54) is 5.56 Å². The van der Waals surface area contributed by atoms with Gasteiger partial charge in [-0.15, -0.1) is 11.6 Å². The van der Waals surface area contributed by atoms with E-state index in [1.54, 1.807) is 0 Å². The third kappa shape index (κ3) is 2.89. The maximum absolute atomic E-state index is 6.28. The lowest BCUT2D eigenvalue weighted by Gasteiger charge is -2.50. The van der Waals surface area contributed by atoms with Crippen molar-refractivity contribution in [1.29, 1.82) is 0 Å². The van der Waals surface area contributed by atoms with Gasteiger partial charge in [-0.25, -0.2) is 0 Å². The van der Waals surface area contributed by atoms with Gasteiger partial charge in [-0.2, -0.15) is 0 Å². The van der Waals surface area contributed by atoms with Gasteiger partial charge in [0.15, 0.2) is 0 Å². The summed E-state index contributed by atoms with van der Waals surface area (Å²) >= 11 is 6.28. The van der Waals surface area contributed by atoms with Gasteiger partial charge in [-0.3, -0.25) is 0 Å². The van der Waals surface area contributed by atoms with E-state index in [4.69, 9.17) is 16.3 Å². The first-order valence-electron chi connectivity index (χ1n) is 6.96. The van der Waals surface area contributed by atoms with Gasteiger partial charge in [0.1, 0.15) is 0 Å². The fraction of sp³-hybridized carbons (Fsp3) is 0.625. The first-order valence-corrected chi connectivity index (χ1v) is 7.40. The summed E-state index contributed by atoms with van der Waals surface area (Å²) in [5.41, 5.74) is 1.58. The molecule has 18 heavy (non-hydrogen) atoms. The Hall–Kier alpha value is -0.530. The van der Waals surface area contributed by atoms with Crippen molar-refractivity contribution in [2.24, 2.45) is 5.41 Å². The summed E-state index contributed by atoms with van der Waals surface area (Å²) in [6.07, 6.45) is 4.66. The van der Waals surface area contributed by atoms with Gasteiger partial charge in [0.05, 0.1) is 6.10 Å². The van der Waals surface area contributed by atoms with Crippen LogP contribution < -0.4 is 0 Å². The van der Waals surface area contributed by atoms with Crippen molar-refractivity contribution >= 4 is 11.6 Å². The molecule has 1 saturated carbocycles. The molecule has 0 amide bonds. The van der Waals surface area contributed by atoms with E-state index in [0.29, 0.717) is 11.5 Å². The minimum absolute atomic E-state index is 0.189. The van der Waals surface area contributed by atoms with Crippen LogP contribution in [0.15, 0.2) is 30.3 Å². The van der Waals surface area contributed by atoms with Gasteiger partial charge < -0.3 is 4.74 Å². The molecule has 0 N–H and O–H groups in total. The standard InChI is InChI=1S/C16H23ClO/c1-3-16(2)14(17)12-15(16)18-11-7-10-13-8-5-4-6-9-13/h4-6,8-9,14-15H,3,7,10-12H2,1-2H3. The van der Waals surface area contributed by atoms with Crippen LogP contribution in [0, 0.1) is 5.41 Å². The minimum Gasteiger partial charge on any atom is -0.378 e. The fourth-order valence-electron chi connectivity index (χ4n) is 2.62. The molecule has 0 radical (unpaired) electrons. The Morgan fingerprint density at radius 3 is 2.67 bits per heavy atom. The predicted octanol–water partition coefficient (Wildman–Crippen LogP) is 4.43. The lowest BCUT2D eigenvalue weighted by atomic mass is 9.65. The zero-order valence-electron chi connectivity index (χ0n) is 11.4. The SMILES string of the molecule is CCC1(C)C(Cl)CC1OCCCc1ccccc1. The average molecular weight is 267 g/mol. The summed E-state index contributed by atoms with van der Waals surface area (Å²) in [6, 6.07) is 10.6. The van der Waals surface area contributed by atoms with Crippen LogP contribution in [0.3, 0.4) is 0 Å². The van der Waals surface area contributed by atoms with Crippen LogP contribution in [0.1, 0.15) is 38.7 Å². The van der Waals surface area contributed by atoms with Gasteiger partial charge >= 0.3 is 0 Å². The summed E-state index contributed by atoms with van der Waals surface area (Å²) in [7, 11) is 0. The molecule has 2 heteroatoms. The largest absolute Gasteiger partial charge is 0.378 e. The Kier molecular flexibility index (Phi) is 4.69. The van der Waals surface area contributed by atoms with Crippen molar-refractivity contribution in [2.45, 2.75) is 51.0 Å². The number of hydrogen-bond acceptors (Lipinski definition) is 1. The summed E-state index contributed by atoms with van der Waals surface area (Å²) < 4.78 is 5.99. The summed E-state index contributed by atoms with van der Waals surface area (Å²) in [5, 5.41) is 0.293. The molecular weight excluding hydrogens is 244 g/mol. The van der Waals surface area contributed by atoms with Crippen molar-refractivity contribution in [3.8, 4) is 0 Å². The molecule has 1 aliphatic carbocycles. The van der Waals surface area contributed by atoms with Crippen molar-refractivity contribution in [3.63, 3.8) is 0 Å². The second kappa shape index (κ2) is 6.08. The number of rotatable bonds is 6. The zero-order chi connectivity index (χ0) is 13.0. The number of halogens is 1. The van der Waals surface area contributed by atoms with Gasteiger partial charge in [-0.1, -0.05) is 44.2 Å². The van der Waals surface area contributed by atoms with E-state index in [2.05, 4.69) is 44.2 Å². The quantitative estimate of drug-likeness (QED) is 0.547. The molecule has 0 saturated heterocycles.